The number of phenolic OH excluding ortho intramolecular Hbond substituents is 1. The summed E-state index contributed by atoms with van der Waals surface area (Å²) in [6.45, 7) is 0. The van der Waals surface area contributed by atoms with Gasteiger partial charge in [-0.2, -0.15) is 5.10 Å². The number of hydrazone groups is 1. The van der Waals surface area contributed by atoms with Gasteiger partial charge in [-0.25, -0.2) is 10.4 Å². The molecule has 0 saturated carbocycles. The lowest BCUT2D eigenvalue weighted by atomic mass is 10.0. The Morgan fingerprint density at radius 2 is 1.73 bits per heavy atom. The number of carbonyl (C=O) groups is 1. The zero-order valence-electron chi connectivity index (χ0n) is 15.5. The summed E-state index contributed by atoms with van der Waals surface area (Å²) in [7, 11) is 0. The molecule has 0 bridgehead atoms. The highest BCUT2D eigenvalue weighted by atomic mass is 35.5. The molecule has 148 valence electrons. The molecule has 30 heavy (non-hydrogen) atoms. The fourth-order valence-corrected chi connectivity index (χ4v) is 3.53. The normalized spacial score (nSPS) is 11.1. The number of phenols is 1. The first kappa shape index (κ1) is 19.9. The first-order chi connectivity index (χ1) is 14.5. The lowest BCUT2D eigenvalue weighted by molar-refractivity contribution is 0.0956. The number of halogens is 2. The van der Waals surface area contributed by atoms with E-state index in [9.17, 15) is 9.90 Å². The van der Waals surface area contributed by atoms with Gasteiger partial charge < -0.3 is 5.11 Å². The number of pyridine rings is 1. The second-order valence-electron chi connectivity index (χ2n) is 6.46. The van der Waals surface area contributed by atoms with Crippen LogP contribution in [0, 0.1) is 0 Å². The Hall–Kier alpha value is -3.41. The maximum absolute atomic E-state index is 12.9. The minimum atomic E-state index is -0.408. The highest BCUT2D eigenvalue weighted by Gasteiger charge is 2.13. The quantitative estimate of drug-likeness (QED) is 0.319. The van der Waals surface area contributed by atoms with Crippen molar-refractivity contribution >= 4 is 46.2 Å². The minimum absolute atomic E-state index is 0.0999. The fourth-order valence-electron chi connectivity index (χ4n) is 3.03. The number of carbonyl (C=O) groups excluding carboxylic acids is 1. The van der Waals surface area contributed by atoms with Crippen molar-refractivity contribution in [2.75, 3.05) is 0 Å². The number of aromatic hydroxyl groups is 1. The number of hydrogen-bond acceptors (Lipinski definition) is 4. The zero-order valence-corrected chi connectivity index (χ0v) is 17.0. The van der Waals surface area contributed by atoms with Gasteiger partial charge in [-0.3, -0.25) is 4.79 Å². The van der Waals surface area contributed by atoms with Gasteiger partial charge in [0.25, 0.3) is 5.91 Å². The number of benzene rings is 3. The number of nitrogens with one attached hydrogen (secondary N) is 1. The number of rotatable bonds is 4. The van der Waals surface area contributed by atoms with E-state index >= 15 is 0 Å². The summed E-state index contributed by atoms with van der Waals surface area (Å²) in [5.74, 6) is -0.575. The molecule has 0 radical (unpaired) electrons. The van der Waals surface area contributed by atoms with Gasteiger partial charge in [0, 0.05) is 21.5 Å². The monoisotopic (exact) mass is 435 g/mol. The Labute approximate surface area is 182 Å². The van der Waals surface area contributed by atoms with E-state index in [4.69, 9.17) is 23.2 Å². The summed E-state index contributed by atoms with van der Waals surface area (Å²) in [6.07, 6.45) is 1.28. The molecule has 0 aliphatic rings. The Balaban J connectivity index is 1.68. The van der Waals surface area contributed by atoms with E-state index in [1.54, 1.807) is 6.07 Å². The molecule has 0 saturated heterocycles. The molecule has 0 unspecified atom stereocenters. The average molecular weight is 436 g/mol. The highest BCUT2D eigenvalue weighted by molar-refractivity contribution is 6.36. The highest BCUT2D eigenvalue weighted by Crippen LogP contribution is 2.30. The lowest BCUT2D eigenvalue weighted by Gasteiger charge is -2.09. The number of fused-ring (bicyclic) bond motifs is 1. The molecule has 0 spiro atoms. The van der Waals surface area contributed by atoms with Crippen LogP contribution in [0.25, 0.3) is 22.2 Å². The number of nitrogens with zero attached hydrogens (tertiary/aromatic N) is 2. The van der Waals surface area contributed by atoms with Crippen molar-refractivity contribution in [3.05, 3.63) is 94.0 Å². The molecule has 0 fully saturated rings. The molecule has 0 atom stereocenters. The Bertz CT molecular complexity index is 1270. The van der Waals surface area contributed by atoms with Gasteiger partial charge in [0.15, 0.2) is 0 Å². The molecule has 2 N–H and O–H groups in total. The van der Waals surface area contributed by atoms with Crippen molar-refractivity contribution in [3.63, 3.8) is 0 Å². The van der Waals surface area contributed by atoms with Crippen LogP contribution in [0.5, 0.6) is 5.75 Å². The SMILES string of the molecule is O=C(N/N=C/c1cc(Cl)cc(Cl)c1O)c1cc(-c2ccccc2)nc2ccccc12. The van der Waals surface area contributed by atoms with Crippen molar-refractivity contribution in [1.29, 1.82) is 0 Å². The average Bonchev–Trinajstić information content (AvgIpc) is 2.76. The third-order valence-electron chi connectivity index (χ3n) is 4.46. The Morgan fingerprint density at radius 1 is 1.00 bits per heavy atom. The first-order valence-electron chi connectivity index (χ1n) is 8.99. The van der Waals surface area contributed by atoms with E-state index in [0.29, 0.717) is 27.2 Å². The van der Waals surface area contributed by atoms with Crippen LogP contribution in [-0.2, 0) is 0 Å². The molecule has 1 amide bonds. The molecular weight excluding hydrogens is 421 g/mol. The number of amides is 1. The van der Waals surface area contributed by atoms with E-state index < -0.39 is 5.91 Å². The third kappa shape index (κ3) is 4.13. The molecule has 0 aliphatic carbocycles. The van der Waals surface area contributed by atoms with Crippen molar-refractivity contribution < 1.29 is 9.90 Å². The number of hydrogen-bond donors (Lipinski definition) is 2. The third-order valence-corrected chi connectivity index (χ3v) is 4.96. The van der Waals surface area contributed by atoms with Gasteiger partial charge in [-0.15, -0.1) is 0 Å². The molecule has 7 heteroatoms. The fraction of sp³-hybridized carbons (Fsp3) is 0. The summed E-state index contributed by atoms with van der Waals surface area (Å²) >= 11 is 11.9. The van der Waals surface area contributed by atoms with Crippen molar-refractivity contribution in [2.24, 2.45) is 5.10 Å². The van der Waals surface area contributed by atoms with Crippen LogP contribution in [0.1, 0.15) is 15.9 Å². The van der Waals surface area contributed by atoms with Crippen LogP contribution < -0.4 is 5.43 Å². The molecule has 3 aromatic carbocycles. The van der Waals surface area contributed by atoms with Crippen LogP contribution in [0.2, 0.25) is 10.0 Å². The first-order valence-corrected chi connectivity index (χ1v) is 9.75. The van der Waals surface area contributed by atoms with Crippen molar-refractivity contribution in [2.45, 2.75) is 0 Å². The summed E-state index contributed by atoms with van der Waals surface area (Å²) in [4.78, 5) is 17.6. The Morgan fingerprint density at radius 3 is 2.53 bits per heavy atom. The van der Waals surface area contributed by atoms with E-state index in [1.807, 2.05) is 54.6 Å². The zero-order chi connectivity index (χ0) is 21.1. The predicted molar refractivity (Wildman–Crippen MR) is 120 cm³/mol. The van der Waals surface area contributed by atoms with Gasteiger partial charge >= 0.3 is 0 Å². The summed E-state index contributed by atoms with van der Waals surface area (Å²) in [5, 5.41) is 15.1. The molecule has 4 aromatic rings. The molecule has 5 nitrogen and oxygen atoms in total. The molecule has 1 heterocycles. The van der Waals surface area contributed by atoms with E-state index in [1.165, 1.54) is 18.3 Å². The van der Waals surface area contributed by atoms with E-state index in [2.05, 4.69) is 15.5 Å². The van der Waals surface area contributed by atoms with Crippen LogP contribution in [0.4, 0.5) is 0 Å². The largest absolute Gasteiger partial charge is 0.506 e. The molecule has 4 rings (SSSR count). The van der Waals surface area contributed by atoms with Crippen LogP contribution in [0.3, 0.4) is 0 Å². The second kappa shape index (κ2) is 8.53. The maximum Gasteiger partial charge on any atom is 0.272 e. The standard InChI is InChI=1S/C23H15Cl2N3O2/c24-16-10-15(22(29)19(25)11-16)13-26-28-23(30)18-12-21(14-6-2-1-3-7-14)27-20-9-5-4-8-17(18)20/h1-13,29H,(H,28,30)/b26-13+. The Kier molecular flexibility index (Phi) is 5.65. The molecular formula is C23H15Cl2N3O2. The number of para-hydroxylation sites is 1. The minimum Gasteiger partial charge on any atom is -0.506 e. The van der Waals surface area contributed by atoms with Crippen LogP contribution >= 0.6 is 23.2 Å². The van der Waals surface area contributed by atoms with Crippen LogP contribution in [-0.4, -0.2) is 22.2 Å². The van der Waals surface area contributed by atoms with Crippen LogP contribution in [0.15, 0.2) is 77.9 Å². The van der Waals surface area contributed by atoms with E-state index in [0.717, 1.165) is 5.56 Å². The number of aromatic nitrogens is 1. The topological polar surface area (TPSA) is 74.6 Å². The molecule has 0 aliphatic heterocycles. The van der Waals surface area contributed by atoms with Gasteiger partial charge in [0.1, 0.15) is 5.75 Å². The summed E-state index contributed by atoms with van der Waals surface area (Å²) in [5.41, 5.74) is 5.50. The smallest absolute Gasteiger partial charge is 0.272 e. The van der Waals surface area contributed by atoms with Crippen molar-refractivity contribution in [1.82, 2.24) is 10.4 Å². The van der Waals surface area contributed by atoms with Gasteiger partial charge in [-0.1, -0.05) is 71.7 Å². The maximum atomic E-state index is 12.9. The molecule has 1 aromatic heterocycles. The van der Waals surface area contributed by atoms with E-state index in [-0.39, 0.29) is 16.3 Å². The van der Waals surface area contributed by atoms with Gasteiger partial charge in [0.05, 0.1) is 28.0 Å². The second-order valence-corrected chi connectivity index (χ2v) is 7.31. The predicted octanol–water partition coefficient (Wildman–Crippen LogP) is 5.68. The van der Waals surface area contributed by atoms with Gasteiger partial charge in [-0.05, 0) is 24.3 Å². The van der Waals surface area contributed by atoms with Crippen molar-refractivity contribution in [3.8, 4) is 17.0 Å². The summed E-state index contributed by atoms with van der Waals surface area (Å²) < 4.78 is 0. The lowest BCUT2D eigenvalue weighted by Crippen LogP contribution is -2.18. The van der Waals surface area contributed by atoms with Gasteiger partial charge in [0.2, 0.25) is 0 Å². The summed E-state index contributed by atoms with van der Waals surface area (Å²) in [6, 6.07) is 21.7.